The number of hydrogen-bond donors (Lipinski definition) is 2. The Kier molecular flexibility index (Phi) is 2.86. The summed E-state index contributed by atoms with van der Waals surface area (Å²) in [7, 11) is 0. The number of pyridine rings is 1. The van der Waals surface area contributed by atoms with Gasteiger partial charge in [0.05, 0.1) is 5.39 Å². The van der Waals surface area contributed by atoms with Crippen LogP contribution in [0, 0.1) is 5.92 Å². The summed E-state index contributed by atoms with van der Waals surface area (Å²) in [5, 5.41) is 0.433. The molecule has 88 valence electrons. The molecule has 2 aromatic heterocycles. The van der Waals surface area contributed by atoms with Crippen LogP contribution in [0.5, 0.6) is 0 Å². The molecule has 0 bridgehead atoms. The smallest absolute Gasteiger partial charge is 0.260 e. The van der Waals surface area contributed by atoms with Gasteiger partial charge < -0.3 is 10.7 Å². The van der Waals surface area contributed by atoms with E-state index in [1.165, 1.54) is 0 Å². The molecule has 0 radical (unpaired) electrons. The van der Waals surface area contributed by atoms with E-state index in [2.05, 4.69) is 15.0 Å². The highest BCUT2D eigenvalue weighted by Gasteiger charge is 2.12. The Morgan fingerprint density at radius 1 is 1.59 bits per heavy atom. The number of nitrogens with zero attached hydrogens (tertiary/aromatic N) is 2. The third kappa shape index (κ3) is 2.30. The van der Waals surface area contributed by atoms with E-state index in [0.29, 0.717) is 23.3 Å². The van der Waals surface area contributed by atoms with Crippen molar-refractivity contribution >= 4 is 16.9 Å². The first-order valence-electron chi connectivity index (χ1n) is 5.21. The molecule has 0 aliphatic carbocycles. The molecule has 1 unspecified atom stereocenters. The van der Waals surface area contributed by atoms with E-state index < -0.39 is 5.91 Å². The summed E-state index contributed by atoms with van der Waals surface area (Å²) >= 11 is 0. The third-order valence-electron chi connectivity index (χ3n) is 2.52. The van der Waals surface area contributed by atoms with Crippen molar-refractivity contribution in [2.75, 3.05) is 0 Å². The van der Waals surface area contributed by atoms with Crippen molar-refractivity contribution in [2.45, 2.75) is 13.3 Å². The number of carbonyl (C=O) groups is 1. The van der Waals surface area contributed by atoms with Crippen LogP contribution in [0.25, 0.3) is 11.0 Å². The quantitative estimate of drug-likeness (QED) is 0.776. The number of rotatable bonds is 3. The van der Waals surface area contributed by atoms with E-state index >= 15 is 0 Å². The molecular formula is C11H12N4O2. The minimum Gasteiger partial charge on any atom is -0.369 e. The molecule has 2 rings (SSSR count). The molecule has 0 aromatic carbocycles. The van der Waals surface area contributed by atoms with Crippen LogP contribution in [0.3, 0.4) is 0 Å². The summed E-state index contributed by atoms with van der Waals surface area (Å²) in [5.74, 6) is -0.374. The summed E-state index contributed by atoms with van der Waals surface area (Å²) in [4.78, 5) is 33.5. The Labute approximate surface area is 96.9 Å². The van der Waals surface area contributed by atoms with Gasteiger partial charge in [0.15, 0.2) is 5.65 Å². The summed E-state index contributed by atoms with van der Waals surface area (Å²) < 4.78 is 0. The summed E-state index contributed by atoms with van der Waals surface area (Å²) in [6.45, 7) is 1.69. The van der Waals surface area contributed by atoms with Crippen LogP contribution >= 0.6 is 0 Å². The van der Waals surface area contributed by atoms with Gasteiger partial charge in [0.25, 0.3) is 5.56 Å². The number of fused-ring (bicyclic) bond motifs is 1. The van der Waals surface area contributed by atoms with Crippen molar-refractivity contribution in [1.82, 2.24) is 15.0 Å². The molecule has 3 N–H and O–H groups in total. The lowest BCUT2D eigenvalue weighted by Crippen LogP contribution is -2.24. The van der Waals surface area contributed by atoms with Gasteiger partial charge in [-0.3, -0.25) is 9.59 Å². The Balaban J connectivity index is 2.44. The molecule has 6 heteroatoms. The molecule has 1 amide bonds. The zero-order valence-corrected chi connectivity index (χ0v) is 9.30. The van der Waals surface area contributed by atoms with Gasteiger partial charge >= 0.3 is 0 Å². The molecule has 0 aliphatic rings. The molecule has 0 aliphatic heterocycles. The van der Waals surface area contributed by atoms with E-state index in [0.717, 1.165) is 0 Å². The van der Waals surface area contributed by atoms with Crippen LogP contribution in [-0.4, -0.2) is 20.9 Å². The highest BCUT2D eigenvalue weighted by Crippen LogP contribution is 2.06. The number of hydrogen-bond acceptors (Lipinski definition) is 4. The maximum Gasteiger partial charge on any atom is 0.260 e. The SMILES string of the molecule is CC(Cc1nc2ncccc2c(=O)[nH]1)C(N)=O. The fourth-order valence-electron chi connectivity index (χ4n) is 1.50. The predicted octanol–water partition coefficient (Wildman–Crippen LogP) is -0.0180. The largest absolute Gasteiger partial charge is 0.369 e. The Hall–Kier alpha value is -2.24. The lowest BCUT2D eigenvalue weighted by atomic mass is 10.1. The second-order valence-electron chi connectivity index (χ2n) is 3.89. The molecule has 0 fully saturated rings. The molecule has 2 aromatic rings. The van der Waals surface area contributed by atoms with Gasteiger partial charge in [0, 0.05) is 18.5 Å². The number of H-pyrrole nitrogens is 1. The highest BCUT2D eigenvalue weighted by atomic mass is 16.1. The fourth-order valence-corrected chi connectivity index (χ4v) is 1.50. The number of carbonyl (C=O) groups excluding carboxylic acids is 1. The molecule has 6 nitrogen and oxygen atoms in total. The third-order valence-corrected chi connectivity index (χ3v) is 2.52. The number of nitrogens with two attached hydrogens (primary N) is 1. The van der Waals surface area contributed by atoms with Gasteiger partial charge in [-0.15, -0.1) is 0 Å². The second kappa shape index (κ2) is 4.32. The van der Waals surface area contributed by atoms with E-state index in [1.807, 2.05) is 0 Å². The highest BCUT2D eigenvalue weighted by molar-refractivity contribution is 5.76. The summed E-state index contributed by atoms with van der Waals surface area (Å²) in [6, 6.07) is 3.32. The Morgan fingerprint density at radius 2 is 2.35 bits per heavy atom. The van der Waals surface area contributed by atoms with Crippen molar-refractivity contribution in [3.8, 4) is 0 Å². The van der Waals surface area contributed by atoms with Gasteiger partial charge in [0.1, 0.15) is 5.82 Å². The van der Waals surface area contributed by atoms with Crippen molar-refractivity contribution in [3.05, 3.63) is 34.5 Å². The van der Waals surface area contributed by atoms with Crippen LogP contribution in [0.1, 0.15) is 12.7 Å². The monoisotopic (exact) mass is 232 g/mol. The van der Waals surface area contributed by atoms with E-state index in [1.54, 1.807) is 25.3 Å². The number of amides is 1. The molecule has 2 heterocycles. The average Bonchev–Trinajstić information content (AvgIpc) is 2.29. The lowest BCUT2D eigenvalue weighted by molar-refractivity contribution is -0.121. The number of aromatic nitrogens is 3. The molecular weight excluding hydrogens is 220 g/mol. The van der Waals surface area contributed by atoms with Crippen molar-refractivity contribution in [3.63, 3.8) is 0 Å². The summed E-state index contributed by atoms with van der Waals surface area (Å²) in [6.07, 6.45) is 1.87. The first kappa shape index (κ1) is 11.3. The van der Waals surface area contributed by atoms with Crippen LogP contribution in [0.15, 0.2) is 23.1 Å². The van der Waals surface area contributed by atoms with Gasteiger partial charge in [-0.25, -0.2) is 9.97 Å². The van der Waals surface area contributed by atoms with Gasteiger partial charge in [-0.2, -0.15) is 0 Å². The molecule has 0 spiro atoms. The minimum atomic E-state index is -0.422. The fraction of sp³-hybridized carbons (Fsp3) is 0.273. The van der Waals surface area contributed by atoms with Crippen LogP contribution < -0.4 is 11.3 Å². The van der Waals surface area contributed by atoms with Gasteiger partial charge in [-0.1, -0.05) is 6.92 Å². The average molecular weight is 232 g/mol. The maximum atomic E-state index is 11.7. The minimum absolute atomic E-state index is 0.255. The van der Waals surface area contributed by atoms with Crippen molar-refractivity contribution in [1.29, 1.82) is 0 Å². The van der Waals surface area contributed by atoms with E-state index in [-0.39, 0.29) is 11.5 Å². The zero-order valence-electron chi connectivity index (χ0n) is 9.30. The van der Waals surface area contributed by atoms with Gasteiger partial charge in [-0.05, 0) is 12.1 Å². The Morgan fingerprint density at radius 3 is 3.06 bits per heavy atom. The second-order valence-corrected chi connectivity index (χ2v) is 3.89. The van der Waals surface area contributed by atoms with E-state index in [9.17, 15) is 9.59 Å². The molecule has 0 saturated carbocycles. The van der Waals surface area contributed by atoms with Crippen LogP contribution in [-0.2, 0) is 11.2 Å². The van der Waals surface area contributed by atoms with Crippen molar-refractivity contribution < 1.29 is 4.79 Å². The topological polar surface area (TPSA) is 102 Å². The molecule has 17 heavy (non-hydrogen) atoms. The maximum absolute atomic E-state index is 11.7. The zero-order chi connectivity index (χ0) is 12.4. The standard InChI is InChI=1S/C11H12N4O2/c1-6(9(12)16)5-8-14-10-7(11(17)15-8)3-2-4-13-10/h2-4,6H,5H2,1H3,(H2,12,16)(H,13,14,15,17). The molecule has 1 atom stereocenters. The van der Waals surface area contributed by atoms with Crippen molar-refractivity contribution in [2.24, 2.45) is 11.7 Å². The van der Waals surface area contributed by atoms with Gasteiger partial charge in [0.2, 0.25) is 5.91 Å². The number of nitrogens with one attached hydrogen (secondary N) is 1. The lowest BCUT2D eigenvalue weighted by Gasteiger charge is -2.06. The first-order valence-corrected chi connectivity index (χ1v) is 5.21. The van der Waals surface area contributed by atoms with E-state index in [4.69, 9.17) is 5.73 Å². The predicted molar refractivity (Wildman–Crippen MR) is 62.2 cm³/mol. The van der Waals surface area contributed by atoms with Crippen LogP contribution in [0.2, 0.25) is 0 Å². The summed E-state index contributed by atoms with van der Waals surface area (Å²) in [5.41, 5.74) is 5.28. The Bertz CT molecular complexity index is 620. The number of primary amides is 1. The normalized spacial score (nSPS) is 12.5. The first-order chi connectivity index (χ1) is 8.08. The molecule has 0 saturated heterocycles. The van der Waals surface area contributed by atoms with Crippen LogP contribution in [0.4, 0.5) is 0 Å². The number of aromatic amines is 1.